The van der Waals surface area contributed by atoms with Crippen LogP contribution in [0.4, 0.5) is 0 Å². The van der Waals surface area contributed by atoms with Gasteiger partial charge in [0.15, 0.2) is 17.8 Å². The lowest BCUT2D eigenvalue weighted by Crippen LogP contribution is -2.02. The fraction of sp³-hybridized carbons (Fsp3) is 0.250. The Kier molecular flexibility index (Phi) is 4.71. The van der Waals surface area contributed by atoms with Gasteiger partial charge in [-0.15, -0.1) is 0 Å². The van der Waals surface area contributed by atoms with Crippen molar-refractivity contribution in [1.29, 1.82) is 0 Å². The molecule has 4 heteroatoms. The minimum Gasteiger partial charge on any atom is -0.490 e. The third-order valence-electron chi connectivity index (χ3n) is 2.75. The Morgan fingerprint density at radius 1 is 1.25 bits per heavy atom. The summed E-state index contributed by atoms with van der Waals surface area (Å²) in [6, 6.07) is 7.27. The molecule has 0 atom stereocenters. The molecule has 4 nitrogen and oxygen atoms in total. The topological polar surface area (TPSA) is 48.4 Å². The van der Waals surface area contributed by atoms with Gasteiger partial charge in [0.1, 0.15) is 6.61 Å². The molecule has 0 amide bonds. The van der Waals surface area contributed by atoms with E-state index < -0.39 is 0 Å². The SMILES string of the molecule is CCOc1cccc(C=O)c1OCc1cncc(C)c1. The molecule has 20 heavy (non-hydrogen) atoms. The van der Waals surface area contributed by atoms with Gasteiger partial charge in [0.05, 0.1) is 12.2 Å². The van der Waals surface area contributed by atoms with Crippen molar-refractivity contribution in [2.75, 3.05) is 6.61 Å². The van der Waals surface area contributed by atoms with Crippen LogP contribution in [0.15, 0.2) is 36.7 Å². The molecule has 0 saturated carbocycles. The lowest BCUT2D eigenvalue weighted by molar-refractivity contribution is 0.111. The van der Waals surface area contributed by atoms with Crippen LogP contribution in [-0.2, 0) is 6.61 Å². The molecule has 0 N–H and O–H groups in total. The third-order valence-corrected chi connectivity index (χ3v) is 2.75. The number of pyridine rings is 1. The van der Waals surface area contributed by atoms with Crippen molar-refractivity contribution < 1.29 is 14.3 Å². The molecule has 2 rings (SSSR count). The quantitative estimate of drug-likeness (QED) is 0.757. The van der Waals surface area contributed by atoms with Crippen molar-refractivity contribution in [2.24, 2.45) is 0 Å². The molecule has 2 aromatic rings. The van der Waals surface area contributed by atoms with Gasteiger partial charge in [-0.25, -0.2) is 0 Å². The number of ether oxygens (including phenoxy) is 2. The molecular formula is C16H17NO3. The molecule has 0 saturated heterocycles. The highest BCUT2D eigenvalue weighted by molar-refractivity contribution is 5.81. The molecule has 0 unspecified atom stereocenters. The van der Waals surface area contributed by atoms with Crippen LogP contribution < -0.4 is 9.47 Å². The average Bonchev–Trinajstić information content (AvgIpc) is 2.46. The highest BCUT2D eigenvalue weighted by Gasteiger charge is 2.10. The molecule has 0 aliphatic heterocycles. The number of aryl methyl sites for hydroxylation is 1. The normalized spacial score (nSPS) is 10.1. The van der Waals surface area contributed by atoms with Gasteiger partial charge in [-0.1, -0.05) is 6.07 Å². The van der Waals surface area contributed by atoms with E-state index in [1.54, 1.807) is 30.6 Å². The second kappa shape index (κ2) is 6.70. The Hall–Kier alpha value is -2.36. The van der Waals surface area contributed by atoms with E-state index in [1.165, 1.54) is 0 Å². The van der Waals surface area contributed by atoms with E-state index in [4.69, 9.17) is 9.47 Å². The van der Waals surface area contributed by atoms with Gasteiger partial charge < -0.3 is 9.47 Å². The summed E-state index contributed by atoms with van der Waals surface area (Å²) in [6.07, 6.45) is 4.30. The van der Waals surface area contributed by atoms with Gasteiger partial charge in [-0.2, -0.15) is 0 Å². The van der Waals surface area contributed by atoms with E-state index >= 15 is 0 Å². The maximum absolute atomic E-state index is 11.1. The molecule has 0 fully saturated rings. The van der Waals surface area contributed by atoms with E-state index in [2.05, 4.69) is 4.98 Å². The Morgan fingerprint density at radius 3 is 2.80 bits per heavy atom. The fourth-order valence-corrected chi connectivity index (χ4v) is 1.90. The standard InChI is InChI=1S/C16H17NO3/c1-3-19-15-6-4-5-14(10-18)16(15)20-11-13-7-12(2)8-17-9-13/h4-10H,3,11H2,1-2H3. The van der Waals surface area contributed by atoms with Crippen LogP contribution in [0.3, 0.4) is 0 Å². The van der Waals surface area contributed by atoms with Gasteiger partial charge in [-0.05, 0) is 37.6 Å². The summed E-state index contributed by atoms with van der Waals surface area (Å²) in [5.41, 5.74) is 2.50. The minimum absolute atomic E-state index is 0.347. The molecular weight excluding hydrogens is 254 g/mol. The summed E-state index contributed by atoms with van der Waals surface area (Å²) in [5, 5.41) is 0. The molecule has 1 aromatic heterocycles. The second-order valence-electron chi connectivity index (χ2n) is 4.38. The highest BCUT2D eigenvalue weighted by atomic mass is 16.5. The Balaban J connectivity index is 2.21. The molecule has 0 spiro atoms. The summed E-state index contributed by atoms with van der Waals surface area (Å²) in [6.45, 7) is 4.73. The van der Waals surface area contributed by atoms with Crippen LogP contribution >= 0.6 is 0 Å². The van der Waals surface area contributed by atoms with Crippen molar-refractivity contribution in [3.05, 3.63) is 53.3 Å². The summed E-state index contributed by atoms with van der Waals surface area (Å²) in [5.74, 6) is 1.06. The van der Waals surface area contributed by atoms with Crippen LogP contribution in [-0.4, -0.2) is 17.9 Å². The minimum atomic E-state index is 0.347. The van der Waals surface area contributed by atoms with E-state index in [0.29, 0.717) is 30.3 Å². The molecule has 0 radical (unpaired) electrons. The number of carbonyl (C=O) groups is 1. The second-order valence-corrected chi connectivity index (χ2v) is 4.38. The first kappa shape index (κ1) is 14.1. The van der Waals surface area contributed by atoms with Gasteiger partial charge in [-0.3, -0.25) is 9.78 Å². The van der Waals surface area contributed by atoms with Crippen molar-refractivity contribution in [3.63, 3.8) is 0 Å². The van der Waals surface area contributed by atoms with E-state index in [-0.39, 0.29) is 0 Å². The summed E-state index contributed by atoms with van der Waals surface area (Å²) in [7, 11) is 0. The zero-order chi connectivity index (χ0) is 14.4. The van der Waals surface area contributed by atoms with Gasteiger partial charge in [0.2, 0.25) is 0 Å². The van der Waals surface area contributed by atoms with Crippen LogP contribution in [0.5, 0.6) is 11.5 Å². The molecule has 104 valence electrons. The van der Waals surface area contributed by atoms with Gasteiger partial charge in [0.25, 0.3) is 0 Å². The number of aromatic nitrogens is 1. The summed E-state index contributed by atoms with van der Waals surface area (Å²) >= 11 is 0. The molecule has 0 aliphatic rings. The number of para-hydroxylation sites is 1. The van der Waals surface area contributed by atoms with Crippen molar-refractivity contribution in [3.8, 4) is 11.5 Å². The molecule has 0 bridgehead atoms. The van der Waals surface area contributed by atoms with Crippen LogP contribution in [0.2, 0.25) is 0 Å². The zero-order valence-electron chi connectivity index (χ0n) is 11.6. The monoisotopic (exact) mass is 271 g/mol. The number of carbonyl (C=O) groups excluding carboxylic acids is 1. The van der Waals surface area contributed by atoms with Crippen LogP contribution in [0.25, 0.3) is 0 Å². The van der Waals surface area contributed by atoms with E-state index in [0.717, 1.165) is 17.4 Å². The number of rotatable bonds is 6. The Labute approximate surface area is 118 Å². The molecule has 0 aliphatic carbocycles. The zero-order valence-corrected chi connectivity index (χ0v) is 11.6. The Morgan fingerprint density at radius 2 is 2.10 bits per heavy atom. The summed E-state index contributed by atoms with van der Waals surface area (Å²) in [4.78, 5) is 15.2. The number of hydrogen-bond donors (Lipinski definition) is 0. The fourth-order valence-electron chi connectivity index (χ4n) is 1.90. The highest BCUT2D eigenvalue weighted by Crippen LogP contribution is 2.31. The first-order valence-corrected chi connectivity index (χ1v) is 6.49. The number of nitrogens with zero attached hydrogens (tertiary/aromatic N) is 1. The van der Waals surface area contributed by atoms with Gasteiger partial charge in [0, 0.05) is 18.0 Å². The maximum Gasteiger partial charge on any atom is 0.172 e. The molecule has 1 aromatic carbocycles. The van der Waals surface area contributed by atoms with Crippen LogP contribution in [0.1, 0.15) is 28.4 Å². The predicted molar refractivity (Wildman–Crippen MR) is 76.3 cm³/mol. The maximum atomic E-state index is 11.1. The number of aldehydes is 1. The van der Waals surface area contributed by atoms with E-state index in [9.17, 15) is 4.79 Å². The smallest absolute Gasteiger partial charge is 0.172 e. The molecule has 1 heterocycles. The lowest BCUT2D eigenvalue weighted by atomic mass is 10.2. The van der Waals surface area contributed by atoms with Crippen molar-refractivity contribution in [1.82, 2.24) is 4.98 Å². The van der Waals surface area contributed by atoms with Crippen molar-refractivity contribution in [2.45, 2.75) is 20.5 Å². The average molecular weight is 271 g/mol. The number of benzene rings is 1. The predicted octanol–water partition coefficient (Wildman–Crippen LogP) is 3.18. The number of hydrogen-bond acceptors (Lipinski definition) is 4. The Bertz CT molecular complexity index is 596. The third kappa shape index (κ3) is 3.35. The first-order chi connectivity index (χ1) is 9.74. The van der Waals surface area contributed by atoms with Gasteiger partial charge >= 0.3 is 0 Å². The van der Waals surface area contributed by atoms with E-state index in [1.807, 2.05) is 19.9 Å². The summed E-state index contributed by atoms with van der Waals surface area (Å²) < 4.78 is 11.2. The largest absolute Gasteiger partial charge is 0.490 e. The lowest BCUT2D eigenvalue weighted by Gasteiger charge is -2.13. The van der Waals surface area contributed by atoms with Crippen LogP contribution in [0, 0.1) is 6.92 Å². The van der Waals surface area contributed by atoms with Crippen molar-refractivity contribution >= 4 is 6.29 Å². The first-order valence-electron chi connectivity index (χ1n) is 6.49.